The molecule has 0 aliphatic heterocycles. The molecule has 100 valence electrons. The van der Waals surface area contributed by atoms with E-state index in [-0.39, 0.29) is 0 Å². The molecule has 0 saturated heterocycles. The number of halogens is 1. The van der Waals surface area contributed by atoms with E-state index in [9.17, 15) is 0 Å². The van der Waals surface area contributed by atoms with Gasteiger partial charge in [-0.15, -0.1) is 11.3 Å². The Morgan fingerprint density at radius 2 is 1.85 bits per heavy atom. The molecule has 3 aromatic rings. The molecule has 0 bridgehead atoms. The quantitative estimate of drug-likeness (QED) is 0.665. The van der Waals surface area contributed by atoms with E-state index in [0.29, 0.717) is 6.54 Å². The Hall–Kier alpha value is -1.24. The van der Waals surface area contributed by atoms with Gasteiger partial charge in [0.15, 0.2) is 0 Å². The third-order valence-electron chi connectivity index (χ3n) is 3.05. The van der Waals surface area contributed by atoms with Gasteiger partial charge in [-0.05, 0) is 46.4 Å². The molecular weight excluding hydrogens is 379 g/mol. The second-order valence-corrected chi connectivity index (χ2v) is 6.55. The minimum absolute atomic E-state index is 0.559. The molecule has 3 rings (SSSR count). The number of rotatable bonds is 3. The highest BCUT2D eigenvalue weighted by Crippen LogP contribution is 2.29. The van der Waals surface area contributed by atoms with E-state index in [1.165, 1.54) is 3.57 Å². The van der Waals surface area contributed by atoms with E-state index in [1.807, 2.05) is 12.1 Å². The summed E-state index contributed by atoms with van der Waals surface area (Å²) >= 11 is 3.98. The molecule has 0 saturated carbocycles. The Morgan fingerprint density at radius 1 is 1.05 bits per heavy atom. The van der Waals surface area contributed by atoms with Crippen molar-refractivity contribution in [1.29, 1.82) is 0 Å². The zero-order chi connectivity index (χ0) is 13.9. The summed E-state index contributed by atoms with van der Waals surface area (Å²) in [5.41, 5.74) is 10.1. The van der Waals surface area contributed by atoms with Gasteiger partial charge in [0.05, 0.1) is 5.69 Å². The van der Waals surface area contributed by atoms with Crippen LogP contribution in [0, 0.1) is 3.57 Å². The maximum atomic E-state index is 5.69. The van der Waals surface area contributed by atoms with Crippen LogP contribution >= 0.6 is 33.9 Å². The summed E-state index contributed by atoms with van der Waals surface area (Å²) in [6.07, 6.45) is 0. The van der Waals surface area contributed by atoms with Crippen molar-refractivity contribution < 1.29 is 0 Å². The number of hydrogen-bond acceptors (Lipinski definition) is 3. The number of thiazole rings is 1. The molecule has 0 aliphatic rings. The summed E-state index contributed by atoms with van der Waals surface area (Å²) in [5, 5.41) is 3.14. The molecule has 2 N–H and O–H groups in total. The first kappa shape index (κ1) is 13.7. The predicted octanol–water partition coefficient (Wildman–Crippen LogP) is 4.54. The van der Waals surface area contributed by atoms with Crippen molar-refractivity contribution in [2.24, 2.45) is 5.73 Å². The van der Waals surface area contributed by atoms with Crippen LogP contribution in [0.1, 0.15) is 5.56 Å². The number of hydrogen-bond donors (Lipinski definition) is 1. The maximum absolute atomic E-state index is 5.69. The maximum Gasteiger partial charge on any atom is 0.124 e. The van der Waals surface area contributed by atoms with E-state index in [1.54, 1.807) is 11.3 Å². The Morgan fingerprint density at radius 3 is 2.60 bits per heavy atom. The van der Waals surface area contributed by atoms with E-state index >= 15 is 0 Å². The first-order valence-corrected chi connectivity index (χ1v) is 8.23. The molecule has 0 radical (unpaired) electrons. The summed E-state index contributed by atoms with van der Waals surface area (Å²) in [5.74, 6) is 0. The van der Waals surface area contributed by atoms with Crippen molar-refractivity contribution >= 4 is 33.9 Å². The topological polar surface area (TPSA) is 38.9 Å². The van der Waals surface area contributed by atoms with Crippen LogP contribution < -0.4 is 5.73 Å². The van der Waals surface area contributed by atoms with Crippen LogP contribution in [-0.2, 0) is 6.54 Å². The fraction of sp³-hybridized carbons (Fsp3) is 0.0625. The van der Waals surface area contributed by atoms with Crippen molar-refractivity contribution in [2.75, 3.05) is 0 Å². The van der Waals surface area contributed by atoms with Gasteiger partial charge < -0.3 is 5.73 Å². The Bertz CT molecular complexity index is 719. The molecule has 0 amide bonds. The van der Waals surface area contributed by atoms with Gasteiger partial charge in [0.1, 0.15) is 5.01 Å². The molecule has 1 heterocycles. The Balaban J connectivity index is 1.95. The minimum Gasteiger partial charge on any atom is -0.326 e. The van der Waals surface area contributed by atoms with Crippen LogP contribution in [0.25, 0.3) is 21.8 Å². The molecule has 0 aliphatic carbocycles. The van der Waals surface area contributed by atoms with E-state index in [0.717, 1.165) is 27.4 Å². The van der Waals surface area contributed by atoms with Crippen molar-refractivity contribution in [3.63, 3.8) is 0 Å². The lowest BCUT2D eigenvalue weighted by Crippen LogP contribution is -1.95. The third kappa shape index (κ3) is 2.92. The van der Waals surface area contributed by atoms with Crippen molar-refractivity contribution in [1.82, 2.24) is 4.98 Å². The average molecular weight is 392 g/mol. The molecule has 0 spiro atoms. The van der Waals surface area contributed by atoms with Gasteiger partial charge in [-0.25, -0.2) is 4.98 Å². The average Bonchev–Trinajstić information content (AvgIpc) is 2.98. The van der Waals surface area contributed by atoms with Crippen LogP contribution in [0.5, 0.6) is 0 Å². The van der Waals surface area contributed by atoms with Gasteiger partial charge in [0.25, 0.3) is 0 Å². The smallest absolute Gasteiger partial charge is 0.124 e. The fourth-order valence-electron chi connectivity index (χ4n) is 1.99. The number of nitrogens with two attached hydrogens (primary N) is 1. The molecule has 1 aromatic heterocycles. The summed E-state index contributed by atoms with van der Waals surface area (Å²) in [6, 6.07) is 16.7. The van der Waals surface area contributed by atoms with Gasteiger partial charge in [0.2, 0.25) is 0 Å². The molecule has 0 fully saturated rings. The third-order valence-corrected chi connectivity index (χ3v) is 4.66. The number of aromatic nitrogens is 1. The lowest BCUT2D eigenvalue weighted by Gasteiger charge is -2.00. The summed E-state index contributed by atoms with van der Waals surface area (Å²) in [6.45, 7) is 0.559. The molecule has 20 heavy (non-hydrogen) atoms. The highest BCUT2D eigenvalue weighted by molar-refractivity contribution is 14.1. The predicted molar refractivity (Wildman–Crippen MR) is 93.6 cm³/mol. The monoisotopic (exact) mass is 392 g/mol. The second-order valence-electron chi connectivity index (χ2n) is 4.45. The van der Waals surface area contributed by atoms with Crippen molar-refractivity contribution in [3.05, 3.63) is 63.0 Å². The van der Waals surface area contributed by atoms with Crippen molar-refractivity contribution in [2.45, 2.75) is 6.54 Å². The summed E-state index contributed by atoms with van der Waals surface area (Å²) in [4.78, 5) is 4.73. The SMILES string of the molecule is NCc1cccc(-c2nc(-c3ccc(I)cc3)cs2)c1. The lowest BCUT2D eigenvalue weighted by molar-refractivity contribution is 1.07. The first-order chi connectivity index (χ1) is 9.76. The standard InChI is InChI=1S/C16H13IN2S/c17-14-6-4-12(5-7-14)15-10-20-16(19-15)13-3-1-2-11(8-13)9-18/h1-8,10H,9,18H2. The van der Waals surface area contributed by atoms with Gasteiger partial charge in [-0.2, -0.15) is 0 Å². The van der Waals surface area contributed by atoms with E-state index in [2.05, 4.69) is 64.4 Å². The molecular formula is C16H13IN2S. The molecule has 4 heteroatoms. The lowest BCUT2D eigenvalue weighted by atomic mass is 10.1. The van der Waals surface area contributed by atoms with E-state index in [4.69, 9.17) is 10.7 Å². The molecule has 0 atom stereocenters. The fourth-order valence-corrected chi connectivity index (χ4v) is 3.18. The van der Waals surface area contributed by atoms with Crippen LogP contribution in [0.4, 0.5) is 0 Å². The Kier molecular flexibility index (Phi) is 4.14. The summed E-state index contributed by atoms with van der Waals surface area (Å²) < 4.78 is 1.23. The van der Waals surface area contributed by atoms with Crippen LogP contribution in [0.15, 0.2) is 53.9 Å². The summed E-state index contributed by atoms with van der Waals surface area (Å²) in [7, 11) is 0. The van der Waals surface area contributed by atoms with Crippen LogP contribution in [0.2, 0.25) is 0 Å². The molecule has 0 unspecified atom stereocenters. The van der Waals surface area contributed by atoms with Crippen LogP contribution in [-0.4, -0.2) is 4.98 Å². The van der Waals surface area contributed by atoms with Gasteiger partial charge in [-0.3, -0.25) is 0 Å². The zero-order valence-corrected chi connectivity index (χ0v) is 13.7. The first-order valence-electron chi connectivity index (χ1n) is 6.27. The largest absolute Gasteiger partial charge is 0.326 e. The number of nitrogens with zero attached hydrogens (tertiary/aromatic N) is 1. The van der Waals surface area contributed by atoms with Gasteiger partial charge in [0, 0.05) is 26.6 Å². The van der Waals surface area contributed by atoms with Crippen LogP contribution in [0.3, 0.4) is 0 Å². The Labute approximate surface area is 135 Å². The highest BCUT2D eigenvalue weighted by Gasteiger charge is 2.07. The minimum atomic E-state index is 0.559. The normalized spacial score (nSPS) is 10.7. The van der Waals surface area contributed by atoms with Gasteiger partial charge >= 0.3 is 0 Å². The second kappa shape index (κ2) is 6.03. The molecule has 2 aromatic carbocycles. The zero-order valence-electron chi connectivity index (χ0n) is 10.7. The van der Waals surface area contributed by atoms with Gasteiger partial charge in [-0.1, -0.05) is 30.3 Å². The highest BCUT2D eigenvalue weighted by atomic mass is 127. The van der Waals surface area contributed by atoms with E-state index < -0.39 is 0 Å². The molecule has 2 nitrogen and oxygen atoms in total. The number of benzene rings is 2. The van der Waals surface area contributed by atoms with Crippen molar-refractivity contribution in [3.8, 4) is 21.8 Å².